The third-order valence-electron chi connectivity index (χ3n) is 3.85. The average molecular weight is 294 g/mol. The van der Waals surface area contributed by atoms with Gasteiger partial charge in [-0.2, -0.15) is 0 Å². The van der Waals surface area contributed by atoms with Crippen LogP contribution in [0, 0.1) is 0 Å². The number of amides is 1. The van der Waals surface area contributed by atoms with Crippen molar-refractivity contribution in [1.82, 2.24) is 5.32 Å². The van der Waals surface area contributed by atoms with Crippen LogP contribution in [0.5, 0.6) is 0 Å². The van der Waals surface area contributed by atoms with E-state index < -0.39 is 5.54 Å². The highest BCUT2D eigenvalue weighted by Crippen LogP contribution is 2.37. The Kier molecular flexibility index (Phi) is 3.33. The number of aliphatic imine (C=N–C) groups is 1. The van der Waals surface area contributed by atoms with Gasteiger partial charge in [0.1, 0.15) is 0 Å². The van der Waals surface area contributed by atoms with Crippen LogP contribution >= 0.6 is 0 Å². The highest BCUT2D eigenvalue weighted by molar-refractivity contribution is 6.09. The first kappa shape index (κ1) is 14.1. The fraction of sp³-hybridized carbons (Fsp3) is 0.176. The Morgan fingerprint density at radius 1 is 1.00 bits per heavy atom. The molecule has 0 aliphatic carbocycles. The maximum atomic E-state index is 12.6. The van der Waals surface area contributed by atoms with Gasteiger partial charge in [-0.25, -0.2) is 4.99 Å². The highest BCUT2D eigenvalue weighted by atomic mass is 16.2. The number of nitrogens with zero attached hydrogens (tertiary/aromatic N) is 2. The van der Waals surface area contributed by atoms with Gasteiger partial charge in [-0.05, 0) is 23.3 Å². The summed E-state index contributed by atoms with van der Waals surface area (Å²) in [6.07, 6.45) is 0. The molecule has 0 radical (unpaired) electrons. The summed E-state index contributed by atoms with van der Waals surface area (Å²) >= 11 is 0. The SMILES string of the molecule is CN(C)c1ccc(C2(c3ccccc3)N=C(N)NC2=O)cc1. The van der Waals surface area contributed by atoms with E-state index in [4.69, 9.17) is 5.73 Å². The normalized spacial score (nSPS) is 20.5. The molecule has 22 heavy (non-hydrogen) atoms. The van der Waals surface area contributed by atoms with Gasteiger partial charge in [0.15, 0.2) is 11.5 Å². The van der Waals surface area contributed by atoms with Crippen molar-refractivity contribution in [2.45, 2.75) is 5.54 Å². The zero-order valence-corrected chi connectivity index (χ0v) is 12.6. The number of anilines is 1. The van der Waals surface area contributed by atoms with Crippen LogP contribution in [0.4, 0.5) is 5.69 Å². The number of carbonyl (C=O) groups excluding carboxylic acids is 1. The van der Waals surface area contributed by atoms with Gasteiger partial charge in [-0.3, -0.25) is 10.1 Å². The molecule has 1 heterocycles. The zero-order chi connectivity index (χ0) is 15.7. The minimum absolute atomic E-state index is 0.144. The van der Waals surface area contributed by atoms with E-state index in [1.54, 1.807) is 0 Å². The van der Waals surface area contributed by atoms with Crippen molar-refractivity contribution in [2.75, 3.05) is 19.0 Å². The van der Waals surface area contributed by atoms with Gasteiger partial charge >= 0.3 is 0 Å². The molecule has 1 amide bonds. The van der Waals surface area contributed by atoms with Crippen molar-refractivity contribution in [3.63, 3.8) is 0 Å². The highest BCUT2D eigenvalue weighted by Gasteiger charge is 2.46. The zero-order valence-electron chi connectivity index (χ0n) is 12.6. The fourth-order valence-corrected chi connectivity index (χ4v) is 2.70. The number of rotatable bonds is 3. The first-order valence-corrected chi connectivity index (χ1v) is 7.04. The van der Waals surface area contributed by atoms with Crippen molar-refractivity contribution >= 4 is 17.6 Å². The molecule has 5 nitrogen and oxygen atoms in total. The number of hydrogen-bond acceptors (Lipinski definition) is 4. The van der Waals surface area contributed by atoms with Gasteiger partial charge in [0.25, 0.3) is 5.91 Å². The predicted molar refractivity (Wildman–Crippen MR) is 87.8 cm³/mol. The quantitative estimate of drug-likeness (QED) is 0.900. The minimum atomic E-state index is -1.11. The van der Waals surface area contributed by atoms with E-state index in [0.29, 0.717) is 0 Å². The topological polar surface area (TPSA) is 70.7 Å². The molecule has 5 heteroatoms. The van der Waals surface area contributed by atoms with Gasteiger partial charge in [0.05, 0.1) is 0 Å². The molecule has 0 fully saturated rings. The van der Waals surface area contributed by atoms with Crippen LogP contribution in [0.3, 0.4) is 0 Å². The van der Waals surface area contributed by atoms with E-state index in [1.165, 1.54) is 0 Å². The molecule has 2 aromatic carbocycles. The third kappa shape index (κ3) is 2.11. The second-order valence-electron chi connectivity index (χ2n) is 5.47. The van der Waals surface area contributed by atoms with Gasteiger partial charge in [-0.15, -0.1) is 0 Å². The van der Waals surface area contributed by atoms with Crippen LogP contribution < -0.4 is 16.0 Å². The lowest BCUT2D eigenvalue weighted by molar-refractivity contribution is -0.122. The standard InChI is InChI=1S/C17H18N4O/c1-21(2)14-10-8-13(9-11-14)17(12-6-4-3-5-7-12)15(22)19-16(18)20-17/h3-11H,1-2H3,(H3,18,19,20,22). The second kappa shape index (κ2) is 5.18. The smallest absolute Gasteiger partial charge is 0.263 e. The minimum Gasteiger partial charge on any atom is -0.378 e. The molecular formula is C17H18N4O. The van der Waals surface area contributed by atoms with Crippen LogP contribution in [0.25, 0.3) is 0 Å². The Labute approximate surface area is 129 Å². The maximum absolute atomic E-state index is 12.6. The lowest BCUT2D eigenvalue weighted by Crippen LogP contribution is -2.39. The molecule has 2 aromatic rings. The van der Waals surface area contributed by atoms with Crippen molar-refractivity contribution in [1.29, 1.82) is 0 Å². The molecule has 0 bridgehead atoms. The molecule has 1 unspecified atom stereocenters. The third-order valence-corrected chi connectivity index (χ3v) is 3.85. The van der Waals surface area contributed by atoms with E-state index in [2.05, 4.69) is 10.3 Å². The molecule has 0 saturated carbocycles. The van der Waals surface area contributed by atoms with Crippen molar-refractivity contribution in [3.05, 3.63) is 65.7 Å². The van der Waals surface area contributed by atoms with Crippen molar-refractivity contribution in [2.24, 2.45) is 10.7 Å². The summed E-state index contributed by atoms with van der Waals surface area (Å²) in [5, 5.41) is 2.62. The van der Waals surface area contributed by atoms with Crippen molar-refractivity contribution in [3.8, 4) is 0 Å². The van der Waals surface area contributed by atoms with E-state index in [9.17, 15) is 4.79 Å². The molecule has 0 saturated heterocycles. The number of benzene rings is 2. The first-order chi connectivity index (χ1) is 10.5. The van der Waals surface area contributed by atoms with Crippen LogP contribution in [-0.2, 0) is 10.3 Å². The van der Waals surface area contributed by atoms with E-state index in [-0.39, 0.29) is 11.9 Å². The Morgan fingerprint density at radius 3 is 2.09 bits per heavy atom. The summed E-state index contributed by atoms with van der Waals surface area (Å²) in [6.45, 7) is 0. The Hall–Kier alpha value is -2.82. The van der Waals surface area contributed by atoms with Crippen LogP contribution in [0.1, 0.15) is 11.1 Å². The van der Waals surface area contributed by atoms with Crippen LogP contribution in [0.15, 0.2) is 59.6 Å². The second-order valence-corrected chi connectivity index (χ2v) is 5.47. The molecule has 1 aliphatic rings. The molecule has 1 atom stereocenters. The van der Waals surface area contributed by atoms with Crippen molar-refractivity contribution < 1.29 is 4.79 Å². The summed E-state index contributed by atoms with van der Waals surface area (Å²) in [7, 11) is 3.95. The molecular weight excluding hydrogens is 276 g/mol. The Morgan fingerprint density at radius 2 is 1.59 bits per heavy atom. The van der Waals surface area contributed by atoms with E-state index in [1.807, 2.05) is 73.6 Å². The summed E-state index contributed by atoms with van der Waals surface area (Å²) in [4.78, 5) is 19.1. The summed E-state index contributed by atoms with van der Waals surface area (Å²) < 4.78 is 0. The van der Waals surface area contributed by atoms with E-state index in [0.717, 1.165) is 16.8 Å². The Balaban J connectivity index is 2.17. The van der Waals surface area contributed by atoms with Gasteiger partial charge < -0.3 is 10.6 Å². The fourth-order valence-electron chi connectivity index (χ4n) is 2.70. The first-order valence-electron chi connectivity index (χ1n) is 7.04. The lowest BCUT2D eigenvalue weighted by atomic mass is 9.83. The number of hydrogen-bond donors (Lipinski definition) is 2. The molecule has 1 aliphatic heterocycles. The van der Waals surface area contributed by atoms with Gasteiger partial charge in [0.2, 0.25) is 0 Å². The van der Waals surface area contributed by atoms with Crippen LogP contribution in [-0.4, -0.2) is 26.0 Å². The average Bonchev–Trinajstić information content (AvgIpc) is 2.84. The summed E-state index contributed by atoms with van der Waals surface area (Å²) in [6, 6.07) is 17.3. The predicted octanol–water partition coefficient (Wildman–Crippen LogP) is 1.44. The molecule has 3 rings (SSSR count). The molecule has 3 N–H and O–H groups in total. The van der Waals surface area contributed by atoms with Gasteiger partial charge in [-0.1, -0.05) is 42.5 Å². The number of nitrogens with one attached hydrogen (secondary N) is 1. The lowest BCUT2D eigenvalue weighted by Gasteiger charge is -2.25. The van der Waals surface area contributed by atoms with Crippen LogP contribution in [0.2, 0.25) is 0 Å². The summed E-state index contributed by atoms with van der Waals surface area (Å²) in [5.74, 6) is -0.0839. The molecule has 0 spiro atoms. The maximum Gasteiger partial charge on any atom is 0.263 e. The summed E-state index contributed by atoms with van der Waals surface area (Å²) in [5.41, 5.74) is 7.30. The number of guanidine groups is 1. The Bertz CT molecular complexity index is 722. The molecule has 112 valence electrons. The largest absolute Gasteiger partial charge is 0.378 e. The monoisotopic (exact) mass is 294 g/mol. The number of nitrogens with two attached hydrogens (primary N) is 1. The van der Waals surface area contributed by atoms with E-state index >= 15 is 0 Å². The molecule has 0 aromatic heterocycles. The number of carbonyl (C=O) groups is 1. The van der Waals surface area contributed by atoms with Gasteiger partial charge in [0, 0.05) is 19.8 Å².